The fraction of sp³-hybridized carbons (Fsp3) is 0.308. The summed E-state index contributed by atoms with van der Waals surface area (Å²) in [7, 11) is 0. The molecule has 1 fully saturated rings. The molecule has 2 aliphatic heterocycles. The van der Waals surface area contributed by atoms with Crippen LogP contribution in [-0.2, 0) is 14.4 Å². The van der Waals surface area contributed by atoms with Crippen molar-refractivity contribution in [3.63, 3.8) is 0 Å². The molecule has 2 heterocycles. The van der Waals surface area contributed by atoms with Crippen LogP contribution in [0.3, 0.4) is 0 Å². The molecule has 1 aromatic rings. The van der Waals surface area contributed by atoms with Crippen LogP contribution in [0.1, 0.15) is 12.8 Å². The molecule has 1 atom stereocenters. The molecule has 3 N–H and O–H groups in total. The molecule has 0 bridgehead atoms. The second kappa shape index (κ2) is 4.84. The minimum absolute atomic E-state index is 0.00713. The lowest BCUT2D eigenvalue weighted by atomic mass is 10.2. The Kier molecular flexibility index (Phi) is 3.02. The van der Waals surface area contributed by atoms with E-state index in [1.54, 1.807) is 18.2 Å². The highest BCUT2D eigenvalue weighted by molar-refractivity contribution is 6.00. The molecule has 0 radical (unpaired) electrons. The summed E-state index contributed by atoms with van der Waals surface area (Å²) in [6.45, 7) is -0.00713. The molecular weight excluding hydrogens is 262 g/mol. The van der Waals surface area contributed by atoms with Crippen molar-refractivity contribution >= 4 is 29.1 Å². The number of benzene rings is 1. The molecule has 7 heteroatoms. The molecule has 20 heavy (non-hydrogen) atoms. The number of nitrogens with one attached hydrogen (secondary N) is 3. The second-order valence-corrected chi connectivity index (χ2v) is 4.70. The van der Waals surface area contributed by atoms with Gasteiger partial charge in [0.1, 0.15) is 11.8 Å². The Hall–Kier alpha value is -2.57. The first kappa shape index (κ1) is 12.5. The molecular formula is C13H13N3O4. The molecule has 1 saturated heterocycles. The monoisotopic (exact) mass is 275 g/mol. The van der Waals surface area contributed by atoms with Crippen molar-refractivity contribution in [2.24, 2.45) is 0 Å². The Morgan fingerprint density at radius 2 is 2.15 bits per heavy atom. The van der Waals surface area contributed by atoms with Crippen LogP contribution in [0, 0.1) is 0 Å². The fourth-order valence-corrected chi connectivity index (χ4v) is 2.20. The topological polar surface area (TPSA) is 96.5 Å². The van der Waals surface area contributed by atoms with Crippen LogP contribution in [0.5, 0.6) is 5.75 Å². The summed E-state index contributed by atoms with van der Waals surface area (Å²) in [6.07, 6.45) is 0.863. The zero-order valence-electron chi connectivity index (χ0n) is 10.6. The van der Waals surface area contributed by atoms with Gasteiger partial charge in [-0.25, -0.2) is 0 Å². The summed E-state index contributed by atoms with van der Waals surface area (Å²) in [5.74, 6) is -0.0455. The maximum absolute atomic E-state index is 11.9. The van der Waals surface area contributed by atoms with Gasteiger partial charge < -0.3 is 20.7 Å². The number of rotatable bonds is 2. The first-order chi connectivity index (χ1) is 9.61. The van der Waals surface area contributed by atoms with E-state index in [9.17, 15) is 14.4 Å². The third-order valence-electron chi connectivity index (χ3n) is 3.19. The lowest BCUT2D eigenvalue weighted by Crippen LogP contribution is -2.37. The van der Waals surface area contributed by atoms with E-state index in [-0.39, 0.29) is 24.3 Å². The number of carbonyl (C=O) groups excluding carboxylic acids is 3. The maximum atomic E-state index is 11.9. The van der Waals surface area contributed by atoms with E-state index in [1.165, 1.54) is 0 Å². The number of carbonyl (C=O) groups is 3. The highest BCUT2D eigenvalue weighted by Crippen LogP contribution is 2.30. The molecule has 104 valence electrons. The van der Waals surface area contributed by atoms with E-state index in [4.69, 9.17) is 4.74 Å². The molecule has 2 aliphatic rings. The van der Waals surface area contributed by atoms with Gasteiger partial charge in [0.05, 0.1) is 5.69 Å². The van der Waals surface area contributed by atoms with Gasteiger partial charge in [-0.15, -0.1) is 0 Å². The van der Waals surface area contributed by atoms with Gasteiger partial charge in [0.15, 0.2) is 6.61 Å². The molecule has 0 spiro atoms. The van der Waals surface area contributed by atoms with Gasteiger partial charge in [-0.05, 0) is 24.6 Å². The van der Waals surface area contributed by atoms with Crippen LogP contribution in [-0.4, -0.2) is 30.4 Å². The van der Waals surface area contributed by atoms with E-state index < -0.39 is 6.04 Å². The third kappa shape index (κ3) is 2.42. The number of anilines is 2. The molecule has 3 amide bonds. The molecule has 0 saturated carbocycles. The smallest absolute Gasteiger partial charge is 0.262 e. The Labute approximate surface area is 114 Å². The minimum Gasteiger partial charge on any atom is -0.482 e. The van der Waals surface area contributed by atoms with Gasteiger partial charge in [0, 0.05) is 12.1 Å². The van der Waals surface area contributed by atoms with Crippen molar-refractivity contribution in [2.75, 3.05) is 17.2 Å². The van der Waals surface area contributed by atoms with Crippen molar-refractivity contribution in [2.45, 2.75) is 18.9 Å². The van der Waals surface area contributed by atoms with Crippen molar-refractivity contribution in [1.29, 1.82) is 0 Å². The molecule has 0 aromatic heterocycles. The lowest BCUT2D eigenvalue weighted by molar-refractivity contribution is -0.122. The summed E-state index contributed by atoms with van der Waals surface area (Å²) < 4.78 is 5.23. The standard InChI is InChI=1S/C13H13N3O4/c17-11-4-2-8(15-11)13(19)14-7-1-3-10-9(5-7)16-12(18)6-20-10/h1,3,5,8H,2,4,6H2,(H,14,19)(H,15,17)(H,16,18). The highest BCUT2D eigenvalue weighted by atomic mass is 16.5. The Morgan fingerprint density at radius 3 is 2.90 bits per heavy atom. The summed E-state index contributed by atoms with van der Waals surface area (Å²) in [6, 6.07) is 4.49. The van der Waals surface area contributed by atoms with E-state index >= 15 is 0 Å². The van der Waals surface area contributed by atoms with E-state index in [0.717, 1.165) is 0 Å². The van der Waals surface area contributed by atoms with Crippen molar-refractivity contribution in [3.05, 3.63) is 18.2 Å². The van der Waals surface area contributed by atoms with Crippen molar-refractivity contribution in [3.8, 4) is 5.75 Å². The average Bonchev–Trinajstić information content (AvgIpc) is 2.85. The van der Waals surface area contributed by atoms with Gasteiger partial charge in [0.25, 0.3) is 5.91 Å². The van der Waals surface area contributed by atoms with Crippen LogP contribution in [0.2, 0.25) is 0 Å². The maximum Gasteiger partial charge on any atom is 0.262 e. The zero-order valence-corrected chi connectivity index (χ0v) is 10.6. The van der Waals surface area contributed by atoms with Gasteiger partial charge >= 0.3 is 0 Å². The van der Waals surface area contributed by atoms with Crippen LogP contribution >= 0.6 is 0 Å². The number of hydrogen-bond donors (Lipinski definition) is 3. The zero-order chi connectivity index (χ0) is 14.1. The lowest BCUT2D eigenvalue weighted by Gasteiger charge is -2.19. The van der Waals surface area contributed by atoms with Crippen LogP contribution < -0.4 is 20.7 Å². The average molecular weight is 275 g/mol. The number of ether oxygens (including phenoxy) is 1. The summed E-state index contributed by atoms with van der Waals surface area (Å²) in [5, 5.41) is 7.97. The quantitative estimate of drug-likeness (QED) is 0.720. The Balaban J connectivity index is 1.71. The first-order valence-corrected chi connectivity index (χ1v) is 6.29. The molecule has 3 rings (SSSR count). The van der Waals surface area contributed by atoms with Gasteiger partial charge in [-0.3, -0.25) is 14.4 Å². The van der Waals surface area contributed by atoms with E-state index in [0.29, 0.717) is 30.0 Å². The minimum atomic E-state index is -0.496. The van der Waals surface area contributed by atoms with E-state index in [1.807, 2.05) is 0 Å². The number of amides is 3. The predicted molar refractivity (Wildman–Crippen MR) is 70.4 cm³/mol. The largest absolute Gasteiger partial charge is 0.482 e. The van der Waals surface area contributed by atoms with Gasteiger partial charge in [0.2, 0.25) is 11.8 Å². The summed E-state index contributed by atoms with van der Waals surface area (Å²) >= 11 is 0. The second-order valence-electron chi connectivity index (χ2n) is 4.70. The fourth-order valence-electron chi connectivity index (χ4n) is 2.20. The number of fused-ring (bicyclic) bond motifs is 1. The summed E-state index contributed by atoms with van der Waals surface area (Å²) in [5.41, 5.74) is 1.07. The van der Waals surface area contributed by atoms with Crippen molar-refractivity contribution in [1.82, 2.24) is 5.32 Å². The van der Waals surface area contributed by atoms with Crippen LogP contribution in [0.25, 0.3) is 0 Å². The van der Waals surface area contributed by atoms with E-state index in [2.05, 4.69) is 16.0 Å². The van der Waals surface area contributed by atoms with Gasteiger partial charge in [-0.1, -0.05) is 0 Å². The molecule has 1 unspecified atom stereocenters. The summed E-state index contributed by atoms with van der Waals surface area (Å²) in [4.78, 5) is 34.3. The SMILES string of the molecule is O=C1COc2ccc(NC(=O)C3CCC(=O)N3)cc2N1. The number of hydrogen-bond acceptors (Lipinski definition) is 4. The Bertz CT molecular complexity index is 599. The highest BCUT2D eigenvalue weighted by Gasteiger charge is 2.27. The predicted octanol–water partition coefficient (Wildman–Crippen LogP) is 0.235. The third-order valence-corrected chi connectivity index (χ3v) is 3.19. The Morgan fingerprint density at radius 1 is 1.30 bits per heavy atom. The molecule has 1 aromatic carbocycles. The molecule has 0 aliphatic carbocycles. The van der Waals surface area contributed by atoms with Crippen molar-refractivity contribution < 1.29 is 19.1 Å². The van der Waals surface area contributed by atoms with Crippen LogP contribution in [0.15, 0.2) is 18.2 Å². The van der Waals surface area contributed by atoms with Gasteiger partial charge in [-0.2, -0.15) is 0 Å². The molecule has 7 nitrogen and oxygen atoms in total. The van der Waals surface area contributed by atoms with Crippen LogP contribution in [0.4, 0.5) is 11.4 Å². The first-order valence-electron chi connectivity index (χ1n) is 6.29. The normalized spacial score (nSPS) is 20.5.